The standard InChI is InChI=1S/C13H15F2N3O2/c1-7-5-13(6-7,11(16)18-20)12(19)17-10-3-8(14)2-9(15)4-10/h2-4,7,20H,5-6H2,1H3,(H2,16,18)(H,17,19). The lowest BCUT2D eigenvalue weighted by Crippen LogP contribution is -2.54. The number of hydrogen-bond donors (Lipinski definition) is 3. The van der Waals surface area contributed by atoms with Crippen LogP contribution in [0, 0.1) is 23.0 Å². The van der Waals surface area contributed by atoms with E-state index in [1.165, 1.54) is 0 Å². The van der Waals surface area contributed by atoms with E-state index in [4.69, 9.17) is 10.9 Å². The van der Waals surface area contributed by atoms with Crippen molar-refractivity contribution in [3.8, 4) is 0 Å². The van der Waals surface area contributed by atoms with Crippen molar-refractivity contribution in [3.05, 3.63) is 29.8 Å². The summed E-state index contributed by atoms with van der Waals surface area (Å²) in [5.74, 6) is -2.05. The zero-order valence-corrected chi connectivity index (χ0v) is 10.9. The molecule has 0 aliphatic heterocycles. The molecular formula is C13H15F2N3O2. The van der Waals surface area contributed by atoms with Gasteiger partial charge in [-0.2, -0.15) is 0 Å². The summed E-state index contributed by atoms with van der Waals surface area (Å²) in [6.07, 6.45) is 0.846. The van der Waals surface area contributed by atoms with Crippen LogP contribution in [0.25, 0.3) is 0 Å². The topological polar surface area (TPSA) is 87.7 Å². The van der Waals surface area contributed by atoms with E-state index in [1.54, 1.807) is 0 Å². The molecule has 1 amide bonds. The van der Waals surface area contributed by atoms with Crippen LogP contribution in [0.1, 0.15) is 19.8 Å². The molecule has 0 heterocycles. The summed E-state index contributed by atoms with van der Waals surface area (Å²) in [4.78, 5) is 12.3. The predicted molar refractivity (Wildman–Crippen MR) is 69.2 cm³/mol. The maximum Gasteiger partial charge on any atom is 0.238 e. The molecular weight excluding hydrogens is 268 g/mol. The average Bonchev–Trinajstić information content (AvgIpc) is 2.32. The van der Waals surface area contributed by atoms with Gasteiger partial charge in [-0.15, -0.1) is 0 Å². The summed E-state index contributed by atoms with van der Waals surface area (Å²) >= 11 is 0. The summed E-state index contributed by atoms with van der Waals surface area (Å²) in [5.41, 5.74) is 4.46. The molecule has 0 spiro atoms. The van der Waals surface area contributed by atoms with Crippen LogP contribution in [0.15, 0.2) is 23.4 Å². The van der Waals surface area contributed by atoms with Crippen LogP contribution >= 0.6 is 0 Å². The summed E-state index contributed by atoms with van der Waals surface area (Å²) in [7, 11) is 0. The third-order valence-electron chi connectivity index (χ3n) is 3.55. The minimum Gasteiger partial charge on any atom is -0.409 e. The first-order valence-corrected chi connectivity index (χ1v) is 6.13. The van der Waals surface area contributed by atoms with E-state index in [-0.39, 0.29) is 17.4 Å². The van der Waals surface area contributed by atoms with Crippen LogP contribution in [-0.2, 0) is 4.79 Å². The monoisotopic (exact) mass is 283 g/mol. The number of carbonyl (C=O) groups is 1. The minimum absolute atomic E-state index is 0.00262. The van der Waals surface area contributed by atoms with Crippen LogP contribution in [0.3, 0.4) is 0 Å². The molecule has 1 aromatic rings. The quantitative estimate of drug-likeness (QED) is 0.343. The van der Waals surface area contributed by atoms with Crippen molar-refractivity contribution in [2.75, 3.05) is 5.32 Å². The van der Waals surface area contributed by atoms with Gasteiger partial charge in [0.25, 0.3) is 0 Å². The van der Waals surface area contributed by atoms with E-state index in [0.717, 1.165) is 12.1 Å². The van der Waals surface area contributed by atoms with E-state index < -0.39 is 23.0 Å². The molecule has 20 heavy (non-hydrogen) atoms. The number of nitrogens with one attached hydrogen (secondary N) is 1. The van der Waals surface area contributed by atoms with E-state index in [0.29, 0.717) is 18.9 Å². The maximum atomic E-state index is 13.1. The number of nitrogens with zero attached hydrogens (tertiary/aromatic N) is 1. The van der Waals surface area contributed by atoms with Crippen molar-refractivity contribution in [1.29, 1.82) is 0 Å². The number of benzene rings is 1. The van der Waals surface area contributed by atoms with Gasteiger partial charge < -0.3 is 16.3 Å². The lowest BCUT2D eigenvalue weighted by Gasteiger charge is -2.43. The second-order valence-electron chi connectivity index (χ2n) is 5.19. The number of amidine groups is 1. The molecule has 0 bridgehead atoms. The van der Waals surface area contributed by atoms with Gasteiger partial charge in [0, 0.05) is 11.8 Å². The van der Waals surface area contributed by atoms with Crippen molar-refractivity contribution in [1.82, 2.24) is 0 Å². The fourth-order valence-corrected chi connectivity index (χ4v) is 2.61. The average molecular weight is 283 g/mol. The van der Waals surface area contributed by atoms with Gasteiger partial charge >= 0.3 is 0 Å². The molecule has 0 unspecified atom stereocenters. The van der Waals surface area contributed by atoms with E-state index in [1.807, 2.05) is 6.92 Å². The van der Waals surface area contributed by atoms with Gasteiger partial charge in [-0.25, -0.2) is 8.78 Å². The lowest BCUT2D eigenvalue weighted by atomic mass is 9.61. The zero-order chi connectivity index (χ0) is 14.9. The molecule has 1 aliphatic rings. The third kappa shape index (κ3) is 2.43. The highest BCUT2D eigenvalue weighted by molar-refractivity contribution is 6.12. The first-order chi connectivity index (χ1) is 9.37. The molecule has 2 rings (SSSR count). The molecule has 1 fully saturated rings. The molecule has 1 aliphatic carbocycles. The summed E-state index contributed by atoms with van der Waals surface area (Å²) < 4.78 is 26.2. The Morgan fingerprint density at radius 1 is 1.40 bits per heavy atom. The lowest BCUT2D eigenvalue weighted by molar-refractivity contribution is -0.127. The Morgan fingerprint density at radius 2 is 1.95 bits per heavy atom. The number of amides is 1. The number of hydrogen-bond acceptors (Lipinski definition) is 3. The highest BCUT2D eigenvalue weighted by atomic mass is 19.1. The van der Waals surface area contributed by atoms with Crippen molar-refractivity contribution >= 4 is 17.4 Å². The predicted octanol–water partition coefficient (Wildman–Crippen LogP) is 2.07. The van der Waals surface area contributed by atoms with Crippen molar-refractivity contribution in [2.45, 2.75) is 19.8 Å². The van der Waals surface area contributed by atoms with Gasteiger partial charge in [0.1, 0.15) is 17.0 Å². The van der Waals surface area contributed by atoms with Gasteiger partial charge in [-0.1, -0.05) is 12.1 Å². The number of anilines is 1. The van der Waals surface area contributed by atoms with E-state index in [2.05, 4.69) is 10.5 Å². The van der Waals surface area contributed by atoms with Gasteiger partial charge in [0.15, 0.2) is 5.84 Å². The van der Waals surface area contributed by atoms with Crippen LogP contribution in [0.4, 0.5) is 14.5 Å². The molecule has 0 radical (unpaired) electrons. The zero-order valence-electron chi connectivity index (χ0n) is 10.9. The minimum atomic E-state index is -1.11. The highest BCUT2D eigenvalue weighted by Gasteiger charge is 2.52. The highest BCUT2D eigenvalue weighted by Crippen LogP contribution is 2.46. The van der Waals surface area contributed by atoms with Gasteiger partial charge in [0.2, 0.25) is 5.91 Å². The molecule has 108 valence electrons. The molecule has 0 atom stereocenters. The first kappa shape index (κ1) is 14.2. The van der Waals surface area contributed by atoms with Crippen molar-refractivity contribution in [3.63, 3.8) is 0 Å². The molecule has 0 saturated heterocycles. The smallest absolute Gasteiger partial charge is 0.238 e. The third-order valence-corrected chi connectivity index (χ3v) is 3.55. The number of carbonyl (C=O) groups excluding carboxylic acids is 1. The Labute approximate surface area is 114 Å². The molecule has 7 heteroatoms. The van der Waals surface area contributed by atoms with Crippen molar-refractivity contribution in [2.24, 2.45) is 22.2 Å². The van der Waals surface area contributed by atoms with Gasteiger partial charge in [0.05, 0.1) is 0 Å². The largest absolute Gasteiger partial charge is 0.409 e. The maximum absolute atomic E-state index is 13.1. The normalized spacial score (nSPS) is 25.9. The Balaban J connectivity index is 2.22. The SMILES string of the molecule is CC1CC(C(=O)Nc2cc(F)cc(F)c2)(/C(N)=N/O)C1. The summed E-state index contributed by atoms with van der Waals surface area (Å²) in [5, 5.41) is 14.1. The Kier molecular flexibility index (Phi) is 3.61. The molecule has 5 nitrogen and oxygen atoms in total. The fraction of sp³-hybridized carbons (Fsp3) is 0.385. The second kappa shape index (κ2) is 5.07. The summed E-state index contributed by atoms with van der Waals surface area (Å²) in [6.45, 7) is 1.93. The fourth-order valence-electron chi connectivity index (χ4n) is 2.61. The molecule has 1 saturated carbocycles. The molecule has 4 N–H and O–H groups in total. The Hall–Kier alpha value is -2.18. The molecule has 0 aromatic heterocycles. The number of rotatable bonds is 3. The van der Waals surface area contributed by atoms with Gasteiger partial charge in [-0.3, -0.25) is 4.79 Å². The molecule has 1 aromatic carbocycles. The van der Waals surface area contributed by atoms with Gasteiger partial charge in [-0.05, 0) is 30.9 Å². The first-order valence-electron chi connectivity index (χ1n) is 6.13. The van der Waals surface area contributed by atoms with Crippen LogP contribution < -0.4 is 11.1 Å². The number of nitrogens with two attached hydrogens (primary N) is 1. The van der Waals surface area contributed by atoms with E-state index in [9.17, 15) is 13.6 Å². The summed E-state index contributed by atoms with van der Waals surface area (Å²) in [6, 6.07) is 2.71. The van der Waals surface area contributed by atoms with Crippen LogP contribution in [0.5, 0.6) is 0 Å². The van der Waals surface area contributed by atoms with E-state index >= 15 is 0 Å². The number of halogens is 2. The Morgan fingerprint density at radius 3 is 2.40 bits per heavy atom. The van der Waals surface area contributed by atoms with Crippen LogP contribution in [0.2, 0.25) is 0 Å². The second-order valence-corrected chi connectivity index (χ2v) is 5.19. The van der Waals surface area contributed by atoms with Crippen LogP contribution in [-0.4, -0.2) is 17.0 Å². The van der Waals surface area contributed by atoms with Crippen molar-refractivity contribution < 1.29 is 18.8 Å². The number of oxime groups is 1. The Bertz CT molecular complexity index is 548.